The molecule has 2 heterocycles. The van der Waals surface area contributed by atoms with Crippen LogP contribution in [0.25, 0.3) is 22.0 Å². The van der Waals surface area contributed by atoms with Crippen LogP contribution in [0.2, 0.25) is 0 Å². The van der Waals surface area contributed by atoms with Gasteiger partial charge in [0.2, 0.25) is 5.82 Å². The quantitative estimate of drug-likeness (QED) is 0.376. The average molecular weight is 422 g/mol. The maximum atomic E-state index is 12.9. The van der Waals surface area contributed by atoms with Gasteiger partial charge in [-0.05, 0) is 48.2 Å². The number of carbonyl (C=O) groups excluding carboxylic acids is 1. The number of Topliss-reactive ketones (excluding diaryl/α,β-unsaturated/α-hetero) is 1. The summed E-state index contributed by atoms with van der Waals surface area (Å²) in [6.07, 6.45) is 7.11. The molecule has 0 fully saturated rings. The Kier molecular flexibility index (Phi) is 6.18. The molecule has 0 aliphatic rings. The SMILES string of the molecule is CCCC(=O)c1cnc2ccc(-c3cnc(C#N)nc3)cc2c1Nc1ccc(CC)cc1. The van der Waals surface area contributed by atoms with Crippen molar-refractivity contribution >= 4 is 28.1 Å². The second-order valence-electron chi connectivity index (χ2n) is 7.53. The molecule has 0 atom stereocenters. The lowest BCUT2D eigenvalue weighted by atomic mass is 10.00. The second-order valence-corrected chi connectivity index (χ2v) is 7.53. The third kappa shape index (κ3) is 4.33. The number of carbonyl (C=O) groups is 1. The van der Waals surface area contributed by atoms with Gasteiger partial charge in [-0.2, -0.15) is 5.26 Å². The molecule has 0 saturated heterocycles. The number of benzene rings is 2. The highest BCUT2D eigenvalue weighted by Crippen LogP contribution is 2.33. The van der Waals surface area contributed by atoms with Crippen LogP contribution >= 0.6 is 0 Å². The lowest BCUT2D eigenvalue weighted by Crippen LogP contribution is -2.06. The molecule has 0 saturated carbocycles. The van der Waals surface area contributed by atoms with Gasteiger partial charge < -0.3 is 5.32 Å². The van der Waals surface area contributed by atoms with E-state index < -0.39 is 0 Å². The molecule has 32 heavy (non-hydrogen) atoms. The first-order valence-corrected chi connectivity index (χ1v) is 10.7. The fourth-order valence-corrected chi connectivity index (χ4v) is 3.58. The Morgan fingerprint density at radius 1 is 0.969 bits per heavy atom. The summed E-state index contributed by atoms with van der Waals surface area (Å²) < 4.78 is 0. The van der Waals surface area contributed by atoms with Gasteiger partial charge in [-0.1, -0.05) is 32.0 Å². The van der Waals surface area contributed by atoms with Gasteiger partial charge in [0.25, 0.3) is 0 Å². The molecule has 2 aromatic heterocycles. The molecule has 0 aliphatic heterocycles. The monoisotopic (exact) mass is 421 g/mol. The van der Waals surface area contributed by atoms with E-state index in [9.17, 15) is 4.79 Å². The van der Waals surface area contributed by atoms with Crippen LogP contribution in [0.3, 0.4) is 0 Å². The molecule has 2 aromatic carbocycles. The molecule has 4 aromatic rings. The molecular weight excluding hydrogens is 398 g/mol. The maximum absolute atomic E-state index is 12.9. The van der Waals surface area contributed by atoms with Crippen molar-refractivity contribution in [2.24, 2.45) is 0 Å². The molecule has 158 valence electrons. The Morgan fingerprint density at radius 3 is 2.38 bits per heavy atom. The number of hydrogen-bond donors (Lipinski definition) is 1. The van der Waals surface area contributed by atoms with Gasteiger partial charge in [-0.25, -0.2) is 9.97 Å². The predicted molar refractivity (Wildman–Crippen MR) is 126 cm³/mol. The van der Waals surface area contributed by atoms with Crippen LogP contribution in [0.1, 0.15) is 48.4 Å². The molecular formula is C26H23N5O. The van der Waals surface area contributed by atoms with Crippen LogP contribution in [0.5, 0.6) is 0 Å². The van der Waals surface area contributed by atoms with Gasteiger partial charge in [0, 0.05) is 41.6 Å². The number of hydrogen-bond acceptors (Lipinski definition) is 6. The first kappa shape index (κ1) is 21.1. The lowest BCUT2D eigenvalue weighted by Gasteiger charge is -2.15. The highest BCUT2D eigenvalue weighted by atomic mass is 16.1. The third-order valence-corrected chi connectivity index (χ3v) is 5.36. The van der Waals surface area contributed by atoms with Gasteiger partial charge in [0.15, 0.2) is 5.78 Å². The summed E-state index contributed by atoms with van der Waals surface area (Å²) in [5.74, 6) is 0.184. The fourth-order valence-electron chi connectivity index (χ4n) is 3.58. The molecule has 0 amide bonds. The molecule has 0 radical (unpaired) electrons. The zero-order chi connectivity index (χ0) is 22.5. The Morgan fingerprint density at radius 2 is 1.72 bits per heavy atom. The largest absolute Gasteiger partial charge is 0.354 e. The lowest BCUT2D eigenvalue weighted by molar-refractivity contribution is 0.0982. The number of nitriles is 1. The first-order valence-electron chi connectivity index (χ1n) is 10.7. The van der Waals surface area contributed by atoms with Crippen LogP contribution in [0.4, 0.5) is 11.4 Å². The van der Waals surface area contributed by atoms with Crippen molar-refractivity contribution in [3.63, 3.8) is 0 Å². The number of nitrogens with zero attached hydrogens (tertiary/aromatic N) is 4. The number of ketones is 1. The van der Waals surface area contributed by atoms with Gasteiger partial charge >= 0.3 is 0 Å². The Balaban J connectivity index is 1.85. The molecule has 1 N–H and O–H groups in total. The van der Waals surface area contributed by atoms with Crippen molar-refractivity contribution in [3.05, 3.63) is 78.0 Å². The number of aromatic nitrogens is 3. The number of rotatable bonds is 7. The van der Waals surface area contributed by atoms with Crippen molar-refractivity contribution in [3.8, 4) is 17.2 Å². The van der Waals surface area contributed by atoms with Crippen LogP contribution < -0.4 is 5.32 Å². The molecule has 0 unspecified atom stereocenters. The number of anilines is 2. The summed E-state index contributed by atoms with van der Waals surface area (Å²) in [5, 5.41) is 13.3. The number of aryl methyl sites for hydroxylation is 1. The summed E-state index contributed by atoms with van der Waals surface area (Å²) in [6, 6.07) is 16.0. The average Bonchev–Trinajstić information content (AvgIpc) is 2.84. The Hall–Kier alpha value is -4.11. The van der Waals surface area contributed by atoms with Gasteiger partial charge in [-0.3, -0.25) is 9.78 Å². The minimum absolute atomic E-state index is 0.0571. The van der Waals surface area contributed by atoms with Gasteiger partial charge in [0.05, 0.1) is 16.8 Å². The summed E-state index contributed by atoms with van der Waals surface area (Å²) >= 11 is 0. The molecule has 4 rings (SSSR count). The van der Waals surface area contributed by atoms with Crippen molar-refractivity contribution < 1.29 is 4.79 Å². The smallest absolute Gasteiger partial charge is 0.232 e. The van der Waals surface area contributed by atoms with Crippen LogP contribution in [-0.4, -0.2) is 20.7 Å². The minimum atomic E-state index is 0.0571. The van der Waals surface area contributed by atoms with Crippen LogP contribution in [-0.2, 0) is 6.42 Å². The molecule has 0 spiro atoms. The maximum Gasteiger partial charge on any atom is 0.232 e. The van der Waals surface area contributed by atoms with Gasteiger partial charge in [-0.15, -0.1) is 0 Å². The number of nitrogens with one attached hydrogen (secondary N) is 1. The van der Waals surface area contributed by atoms with Crippen molar-refractivity contribution in [2.75, 3.05) is 5.32 Å². The number of pyridine rings is 1. The van der Waals surface area contributed by atoms with E-state index >= 15 is 0 Å². The third-order valence-electron chi connectivity index (χ3n) is 5.36. The van der Waals surface area contributed by atoms with E-state index in [1.54, 1.807) is 18.6 Å². The first-order chi connectivity index (χ1) is 15.6. The van der Waals surface area contributed by atoms with Crippen molar-refractivity contribution in [2.45, 2.75) is 33.1 Å². The van der Waals surface area contributed by atoms with E-state index in [-0.39, 0.29) is 11.6 Å². The van der Waals surface area contributed by atoms with E-state index in [0.29, 0.717) is 12.0 Å². The summed E-state index contributed by atoms with van der Waals surface area (Å²) in [4.78, 5) is 25.6. The summed E-state index contributed by atoms with van der Waals surface area (Å²) in [6.45, 7) is 4.11. The normalized spacial score (nSPS) is 10.7. The van der Waals surface area contributed by atoms with Crippen LogP contribution in [0.15, 0.2) is 61.1 Å². The highest BCUT2D eigenvalue weighted by molar-refractivity contribution is 6.09. The topological polar surface area (TPSA) is 91.6 Å². The minimum Gasteiger partial charge on any atom is -0.354 e. The second kappa shape index (κ2) is 9.36. The van der Waals surface area contributed by atoms with Gasteiger partial charge in [0.1, 0.15) is 6.07 Å². The summed E-state index contributed by atoms with van der Waals surface area (Å²) in [7, 11) is 0. The van der Waals surface area contributed by atoms with E-state index in [1.165, 1.54) is 5.56 Å². The molecule has 0 aliphatic carbocycles. The Labute approximate surface area is 187 Å². The standard InChI is InChI=1S/C26H23N5O/c1-3-5-24(32)22-16-28-23-11-8-18(19-14-29-25(13-27)30-15-19)12-21(23)26(22)31-20-9-6-17(4-2)7-10-20/h6-12,14-16H,3-5H2,1-2H3,(H,28,31). The van der Waals surface area contributed by atoms with E-state index in [0.717, 1.165) is 46.2 Å². The van der Waals surface area contributed by atoms with E-state index in [4.69, 9.17) is 5.26 Å². The summed E-state index contributed by atoms with van der Waals surface area (Å²) in [5.41, 5.74) is 5.93. The predicted octanol–water partition coefficient (Wildman–Crippen LogP) is 5.85. The Bertz CT molecular complexity index is 1310. The molecule has 6 nitrogen and oxygen atoms in total. The van der Waals surface area contributed by atoms with Crippen LogP contribution in [0, 0.1) is 11.3 Å². The zero-order valence-electron chi connectivity index (χ0n) is 18.1. The highest BCUT2D eigenvalue weighted by Gasteiger charge is 2.16. The van der Waals surface area contributed by atoms with Crippen molar-refractivity contribution in [1.29, 1.82) is 5.26 Å². The number of fused-ring (bicyclic) bond motifs is 1. The molecule has 0 bridgehead atoms. The molecule has 6 heteroatoms. The van der Waals surface area contributed by atoms with E-state index in [2.05, 4.69) is 39.3 Å². The van der Waals surface area contributed by atoms with Crippen molar-refractivity contribution in [1.82, 2.24) is 15.0 Å². The fraction of sp³-hybridized carbons (Fsp3) is 0.192. The van der Waals surface area contributed by atoms with E-state index in [1.807, 2.05) is 43.3 Å². The zero-order valence-corrected chi connectivity index (χ0v) is 18.1.